The second kappa shape index (κ2) is 9.00. The van der Waals surface area contributed by atoms with E-state index in [2.05, 4.69) is 29.6 Å². The number of nitrogens with zero attached hydrogens (tertiary/aromatic N) is 1. The van der Waals surface area contributed by atoms with Crippen molar-refractivity contribution < 1.29 is 29.0 Å². The average Bonchev–Trinajstić information content (AvgIpc) is 3.46. The van der Waals surface area contributed by atoms with Gasteiger partial charge in [-0.25, -0.2) is 9.59 Å². The fraction of sp³-hybridized carbons (Fsp3) is 0.444. The summed E-state index contributed by atoms with van der Waals surface area (Å²) in [5.74, 6) is -1.55. The molecule has 1 saturated heterocycles. The molecule has 0 aromatic heterocycles. The summed E-state index contributed by atoms with van der Waals surface area (Å²) < 4.78 is 10.9. The van der Waals surface area contributed by atoms with Gasteiger partial charge >= 0.3 is 12.1 Å². The number of hydrogen-bond donors (Lipinski definition) is 2. The molecule has 8 heteroatoms. The van der Waals surface area contributed by atoms with E-state index in [-0.39, 0.29) is 49.3 Å². The molecule has 1 heterocycles. The van der Waals surface area contributed by atoms with Gasteiger partial charge in [0.05, 0.1) is 6.10 Å². The molecule has 2 aromatic rings. The van der Waals surface area contributed by atoms with Crippen molar-refractivity contribution in [1.82, 2.24) is 10.2 Å². The number of carboxylic acid groups (broad SMARTS) is 1. The van der Waals surface area contributed by atoms with Gasteiger partial charge in [0.15, 0.2) is 0 Å². The number of carbonyl (C=O) groups excluding carboxylic acids is 2. The van der Waals surface area contributed by atoms with Gasteiger partial charge in [-0.3, -0.25) is 4.79 Å². The molecule has 5 rings (SSSR count). The van der Waals surface area contributed by atoms with Crippen LogP contribution in [-0.2, 0) is 19.1 Å². The Kier molecular flexibility index (Phi) is 6.01. The number of amides is 2. The summed E-state index contributed by atoms with van der Waals surface area (Å²) in [6.45, 7) is 2.38. The van der Waals surface area contributed by atoms with Crippen LogP contribution in [0, 0.1) is 11.8 Å². The highest BCUT2D eigenvalue weighted by Crippen LogP contribution is 2.45. The molecule has 35 heavy (non-hydrogen) atoms. The lowest BCUT2D eigenvalue weighted by atomic mass is 9.98. The number of aliphatic carboxylic acids is 1. The van der Waals surface area contributed by atoms with Crippen molar-refractivity contribution in [2.24, 2.45) is 11.8 Å². The number of carboxylic acids is 1. The monoisotopic (exact) mass is 478 g/mol. The Hall–Kier alpha value is -3.39. The van der Waals surface area contributed by atoms with Crippen molar-refractivity contribution in [3.05, 3.63) is 59.7 Å². The Morgan fingerprint density at radius 3 is 2.31 bits per heavy atom. The standard InChI is InChI=1S/C27H30N2O6/c1-27(25(31)32)12-17(34-2)14-29(27)24(30)22-11-16(22)13-28-26(33)35-15-23-20-9-5-3-7-18(20)19-8-4-6-10-21(19)23/h3-10,16-17,22-23H,11-15H2,1-2H3,(H,28,33)(H,31,32)/t16-,17?,22-,27?/m1/s1. The third-order valence-electron chi connectivity index (χ3n) is 7.76. The molecule has 2 unspecified atom stereocenters. The van der Waals surface area contributed by atoms with Crippen LogP contribution in [0.15, 0.2) is 48.5 Å². The number of fused-ring (bicyclic) bond motifs is 3. The Bertz CT molecular complexity index is 1120. The summed E-state index contributed by atoms with van der Waals surface area (Å²) in [7, 11) is 1.53. The van der Waals surface area contributed by atoms with Crippen LogP contribution in [0.2, 0.25) is 0 Å². The summed E-state index contributed by atoms with van der Waals surface area (Å²) in [5, 5.41) is 12.5. The summed E-state index contributed by atoms with van der Waals surface area (Å²) >= 11 is 0. The summed E-state index contributed by atoms with van der Waals surface area (Å²) in [4.78, 5) is 38.8. The minimum absolute atomic E-state index is 0.0130. The molecule has 3 aliphatic rings. The first-order valence-electron chi connectivity index (χ1n) is 12.0. The van der Waals surface area contributed by atoms with Crippen LogP contribution < -0.4 is 5.32 Å². The van der Waals surface area contributed by atoms with Gasteiger partial charge < -0.3 is 24.8 Å². The van der Waals surface area contributed by atoms with Crippen molar-refractivity contribution in [3.8, 4) is 11.1 Å². The van der Waals surface area contributed by atoms with Crippen molar-refractivity contribution in [3.63, 3.8) is 0 Å². The fourth-order valence-corrected chi connectivity index (χ4v) is 5.56. The van der Waals surface area contributed by atoms with Crippen molar-refractivity contribution in [2.45, 2.75) is 37.3 Å². The lowest BCUT2D eigenvalue weighted by Crippen LogP contribution is -2.51. The number of nitrogens with one attached hydrogen (secondary N) is 1. The summed E-state index contributed by atoms with van der Waals surface area (Å²) in [6, 6.07) is 16.3. The van der Waals surface area contributed by atoms with E-state index >= 15 is 0 Å². The number of rotatable bonds is 7. The van der Waals surface area contributed by atoms with Gasteiger partial charge in [-0.05, 0) is 41.5 Å². The third-order valence-corrected chi connectivity index (χ3v) is 7.76. The zero-order valence-corrected chi connectivity index (χ0v) is 19.9. The third kappa shape index (κ3) is 4.16. The van der Waals surface area contributed by atoms with E-state index < -0.39 is 17.6 Å². The number of methoxy groups -OCH3 is 1. The van der Waals surface area contributed by atoms with Gasteiger partial charge in [0, 0.05) is 38.5 Å². The molecule has 0 spiro atoms. The Balaban J connectivity index is 1.14. The van der Waals surface area contributed by atoms with Crippen LogP contribution >= 0.6 is 0 Å². The molecule has 2 aliphatic carbocycles. The minimum atomic E-state index is -1.27. The first kappa shape index (κ1) is 23.4. The zero-order valence-electron chi connectivity index (χ0n) is 19.9. The SMILES string of the molecule is COC1CN(C(=O)[C@@H]2C[C@@H]2CNC(=O)OCC2c3ccccc3-c3ccccc32)C(C)(C(=O)O)C1. The van der Waals surface area contributed by atoms with Gasteiger partial charge in [0.2, 0.25) is 5.91 Å². The molecule has 0 radical (unpaired) electrons. The number of benzene rings is 2. The first-order valence-corrected chi connectivity index (χ1v) is 12.0. The lowest BCUT2D eigenvalue weighted by molar-refractivity contribution is -0.155. The van der Waals surface area contributed by atoms with Crippen LogP contribution in [0.3, 0.4) is 0 Å². The van der Waals surface area contributed by atoms with Gasteiger partial charge in [0.25, 0.3) is 0 Å². The number of hydrogen-bond acceptors (Lipinski definition) is 5. The molecule has 2 aromatic carbocycles. The normalized spacial score (nSPS) is 26.7. The van der Waals surface area contributed by atoms with E-state index in [9.17, 15) is 19.5 Å². The van der Waals surface area contributed by atoms with Crippen LogP contribution in [0.25, 0.3) is 11.1 Å². The Labute approximate surface area is 204 Å². The number of carbonyl (C=O) groups is 3. The maximum Gasteiger partial charge on any atom is 0.407 e. The molecule has 4 atom stereocenters. The van der Waals surface area contributed by atoms with Crippen molar-refractivity contribution in [1.29, 1.82) is 0 Å². The van der Waals surface area contributed by atoms with Crippen molar-refractivity contribution >= 4 is 18.0 Å². The molecular weight excluding hydrogens is 448 g/mol. The van der Waals surface area contributed by atoms with E-state index in [0.717, 1.165) is 11.1 Å². The molecule has 2 fully saturated rings. The quantitative estimate of drug-likeness (QED) is 0.633. The molecule has 2 N–H and O–H groups in total. The molecular formula is C27H30N2O6. The average molecular weight is 479 g/mol. The van der Waals surface area contributed by atoms with Gasteiger partial charge in [-0.2, -0.15) is 0 Å². The Morgan fingerprint density at radius 1 is 1.09 bits per heavy atom. The van der Waals surface area contributed by atoms with Gasteiger partial charge in [0.1, 0.15) is 12.1 Å². The lowest BCUT2D eigenvalue weighted by Gasteiger charge is -2.31. The summed E-state index contributed by atoms with van der Waals surface area (Å²) in [5.41, 5.74) is 3.36. The first-order chi connectivity index (χ1) is 16.8. The topological polar surface area (TPSA) is 105 Å². The number of ether oxygens (including phenoxy) is 2. The van der Waals surface area contributed by atoms with Crippen LogP contribution in [0.1, 0.15) is 36.8 Å². The van der Waals surface area contributed by atoms with E-state index in [0.29, 0.717) is 13.0 Å². The predicted molar refractivity (Wildman–Crippen MR) is 128 cm³/mol. The maximum atomic E-state index is 13.0. The number of likely N-dealkylation sites (tertiary alicyclic amines) is 1. The molecule has 1 saturated carbocycles. The molecule has 184 valence electrons. The maximum absolute atomic E-state index is 13.0. The largest absolute Gasteiger partial charge is 0.480 e. The van der Waals surface area contributed by atoms with E-state index in [4.69, 9.17) is 9.47 Å². The second-order valence-electron chi connectivity index (χ2n) is 9.90. The van der Waals surface area contributed by atoms with Crippen LogP contribution in [0.4, 0.5) is 4.79 Å². The summed E-state index contributed by atoms with van der Waals surface area (Å²) in [6.07, 6.45) is 0.0731. The molecule has 0 bridgehead atoms. The highest BCUT2D eigenvalue weighted by molar-refractivity contribution is 5.90. The second-order valence-corrected chi connectivity index (χ2v) is 9.90. The predicted octanol–water partition coefficient (Wildman–Crippen LogP) is 3.25. The smallest absolute Gasteiger partial charge is 0.407 e. The Morgan fingerprint density at radius 2 is 1.71 bits per heavy atom. The van der Waals surface area contributed by atoms with E-state index in [1.807, 2.05) is 24.3 Å². The van der Waals surface area contributed by atoms with Crippen LogP contribution in [0.5, 0.6) is 0 Å². The van der Waals surface area contributed by atoms with Gasteiger partial charge in [-0.15, -0.1) is 0 Å². The molecule has 8 nitrogen and oxygen atoms in total. The van der Waals surface area contributed by atoms with Crippen LogP contribution in [-0.4, -0.2) is 66.4 Å². The fourth-order valence-electron chi connectivity index (χ4n) is 5.56. The van der Waals surface area contributed by atoms with E-state index in [1.54, 1.807) is 6.92 Å². The molecule has 2 amide bonds. The number of alkyl carbamates (subject to hydrolysis) is 1. The zero-order chi connectivity index (χ0) is 24.7. The van der Waals surface area contributed by atoms with E-state index in [1.165, 1.54) is 23.1 Å². The molecule has 1 aliphatic heterocycles. The highest BCUT2D eigenvalue weighted by atomic mass is 16.5. The van der Waals surface area contributed by atoms with Gasteiger partial charge in [-0.1, -0.05) is 48.5 Å². The minimum Gasteiger partial charge on any atom is -0.480 e. The highest BCUT2D eigenvalue weighted by Gasteiger charge is 2.55. The van der Waals surface area contributed by atoms with Crippen molar-refractivity contribution in [2.75, 3.05) is 26.8 Å².